The standard InChI is InChI=1S/C14H14N2O2S/c15-14(19)11-4-3-5-12(10-11)18-9-8-16-7-2-1-6-13(16)17/h1-7,10H,8-9H2,(H2,15,19). The number of benzene rings is 1. The third-order valence-corrected chi connectivity index (χ3v) is 2.85. The highest BCUT2D eigenvalue weighted by Crippen LogP contribution is 2.13. The Hall–Kier alpha value is -2.14. The third-order valence-electron chi connectivity index (χ3n) is 2.62. The molecule has 0 amide bonds. The second-order valence-electron chi connectivity index (χ2n) is 3.97. The minimum Gasteiger partial charge on any atom is -0.492 e. The summed E-state index contributed by atoms with van der Waals surface area (Å²) in [6.45, 7) is 0.904. The number of pyridine rings is 1. The molecule has 0 bridgehead atoms. The zero-order valence-corrected chi connectivity index (χ0v) is 11.1. The van der Waals surface area contributed by atoms with E-state index in [1.165, 1.54) is 6.07 Å². The van der Waals surface area contributed by atoms with Crippen LogP contribution >= 0.6 is 12.2 Å². The van der Waals surface area contributed by atoms with E-state index in [9.17, 15) is 4.79 Å². The van der Waals surface area contributed by atoms with Crippen LogP contribution < -0.4 is 16.0 Å². The zero-order chi connectivity index (χ0) is 13.7. The van der Waals surface area contributed by atoms with Crippen LogP contribution in [0.25, 0.3) is 0 Å². The van der Waals surface area contributed by atoms with Crippen molar-refractivity contribution in [1.82, 2.24) is 4.57 Å². The maximum atomic E-state index is 11.5. The molecule has 1 heterocycles. The molecular weight excluding hydrogens is 260 g/mol. The van der Waals surface area contributed by atoms with Crippen LogP contribution in [0.2, 0.25) is 0 Å². The molecule has 5 heteroatoms. The summed E-state index contributed by atoms with van der Waals surface area (Å²) in [4.78, 5) is 11.8. The second kappa shape index (κ2) is 6.15. The zero-order valence-electron chi connectivity index (χ0n) is 10.3. The lowest BCUT2D eigenvalue weighted by atomic mass is 10.2. The van der Waals surface area contributed by atoms with Gasteiger partial charge in [-0.1, -0.05) is 30.4 Å². The maximum Gasteiger partial charge on any atom is 0.250 e. The monoisotopic (exact) mass is 274 g/mol. The van der Waals surface area contributed by atoms with Crippen LogP contribution in [-0.2, 0) is 6.54 Å². The quantitative estimate of drug-likeness (QED) is 0.841. The summed E-state index contributed by atoms with van der Waals surface area (Å²) in [6, 6.07) is 12.3. The van der Waals surface area contributed by atoms with E-state index < -0.39 is 0 Å². The number of nitrogens with two attached hydrogens (primary N) is 1. The Kier molecular flexibility index (Phi) is 4.30. The fourth-order valence-corrected chi connectivity index (χ4v) is 1.77. The molecule has 0 unspecified atom stereocenters. The van der Waals surface area contributed by atoms with Gasteiger partial charge in [-0.05, 0) is 18.2 Å². The Labute approximate surface area is 116 Å². The van der Waals surface area contributed by atoms with E-state index in [-0.39, 0.29) is 5.56 Å². The Morgan fingerprint density at radius 1 is 1.26 bits per heavy atom. The van der Waals surface area contributed by atoms with Gasteiger partial charge in [-0.2, -0.15) is 0 Å². The van der Waals surface area contributed by atoms with E-state index in [1.807, 2.05) is 24.3 Å². The topological polar surface area (TPSA) is 57.2 Å². The van der Waals surface area contributed by atoms with Crippen molar-refractivity contribution in [3.05, 3.63) is 64.6 Å². The first-order chi connectivity index (χ1) is 9.16. The Morgan fingerprint density at radius 2 is 2.11 bits per heavy atom. The predicted octanol–water partition coefficient (Wildman–Crippen LogP) is 1.56. The molecule has 2 N–H and O–H groups in total. The molecule has 0 fully saturated rings. The highest BCUT2D eigenvalue weighted by Gasteiger charge is 2.00. The van der Waals surface area contributed by atoms with Gasteiger partial charge in [0, 0.05) is 17.8 Å². The number of nitrogens with zero attached hydrogens (tertiary/aromatic N) is 1. The summed E-state index contributed by atoms with van der Waals surface area (Å²) < 4.78 is 7.18. The number of rotatable bonds is 5. The minimum atomic E-state index is -0.0389. The minimum absolute atomic E-state index is 0.0389. The molecule has 0 aliphatic carbocycles. The molecule has 0 radical (unpaired) electrons. The van der Waals surface area contributed by atoms with E-state index in [0.29, 0.717) is 23.9 Å². The molecule has 0 aliphatic rings. The van der Waals surface area contributed by atoms with Crippen molar-refractivity contribution in [3.63, 3.8) is 0 Å². The van der Waals surface area contributed by atoms with Crippen LogP contribution in [0.4, 0.5) is 0 Å². The van der Waals surface area contributed by atoms with Crippen molar-refractivity contribution >= 4 is 17.2 Å². The number of ether oxygens (including phenoxy) is 1. The van der Waals surface area contributed by atoms with Crippen LogP contribution in [0.3, 0.4) is 0 Å². The highest BCUT2D eigenvalue weighted by molar-refractivity contribution is 7.80. The van der Waals surface area contributed by atoms with Gasteiger partial charge < -0.3 is 15.0 Å². The first-order valence-electron chi connectivity index (χ1n) is 5.85. The fraction of sp³-hybridized carbons (Fsp3) is 0.143. The molecule has 4 nitrogen and oxygen atoms in total. The van der Waals surface area contributed by atoms with Gasteiger partial charge in [-0.15, -0.1) is 0 Å². The van der Waals surface area contributed by atoms with Gasteiger partial charge >= 0.3 is 0 Å². The van der Waals surface area contributed by atoms with Crippen molar-refractivity contribution in [3.8, 4) is 5.75 Å². The van der Waals surface area contributed by atoms with Gasteiger partial charge in [-0.3, -0.25) is 4.79 Å². The van der Waals surface area contributed by atoms with E-state index in [0.717, 1.165) is 5.56 Å². The SMILES string of the molecule is NC(=S)c1cccc(OCCn2ccccc2=O)c1. The molecule has 1 aromatic heterocycles. The molecule has 2 aromatic rings. The summed E-state index contributed by atoms with van der Waals surface area (Å²) in [7, 11) is 0. The summed E-state index contributed by atoms with van der Waals surface area (Å²) in [5, 5.41) is 0. The van der Waals surface area contributed by atoms with E-state index in [4.69, 9.17) is 22.7 Å². The van der Waals surface area contributed by atoms with Crippen molar-refractivity contribution < 1.29 is 4.74 Å². The smallest absolute Gasteiger partial charge is 0.250 e. The van der Waals surface area contributed by atoms with Crippen molar-refractivity contribution in [2.75, 3.05) is 6.61 Å². The fourth-order valence-electron chi connectivity index (χ4n) is 1.65. The lowest BCUT2D eigenvalue weighted by Crippen LogP contribution is -2.21. The van der Waals surface area contributed by atoms with Crippen LogP contribution in [0.1, 0.15) is 5.56 Å². The van der Waals surface area contributed by atoms with Gasteiger partial charge in [0.25, 0.3) is 5.56 Å². The first kappa shape index (κ1) is 13.3. The van der Waals surface area contributed by atoms with Crippen molar-refractivity contribution in [2.45, 2.75) is 6.54 Å². The second-order valence-corrected chi connectivity index (χ2v) is 4.41. The summed E-state index contributed by atoms with van der Waals surface area (Å²) in [5.41, 5.74) is 6.28. The third kappa shape index (κ3) is 3.66. The number of aromatic nitrogens is 1. The normalized spacial score (nSPS) is 10.1. The van der Waals surface area contributed by atoms with Gasteiger partial charge in [0.2, 0.25) is 0 Å². The van der Waals surface area contributed by atoms with Crippen LogP contribution in [0, 0.1) is 0 Å². The van der Waals surface area contributed by atoms with Gasteiger partial charge in [0.15, 0.2) is 0 Å². The molecule has 0 saturated heterocycles. The Balaban J connectivity index is 1.96. The largest absolute Gasteiger partial charge is 0.492 e. The molecule has 1 aromatic carbocycles. The predicted molar refractivity (Wildman–Crippen MR) is 78.5 cm³/mol. The average molecular weight is 274 g/mol. The summed E-state index contributed by atoms with van der Waals surface area (Å²) in [6.07, 6.45) is 1.73. The van der Waals surface area contributed by atoms with Crippen LogP contribution in [0.15, 0.2) is 53.5 Å². The van der Waals surface area contributed by atoms with Gasteiger partial charge in [-0.25, -0.2) is 0 Å². The van der Waals surface area contributed by atoms with Crippen LogP contribution in [0.5, 0.6) is 5.75 Å². The number of thiocarbonyl (C=S) groups is 1. The molecule has 0 atom stereocenters. The Bertz CT molecular complexity index is 637. The average Bonchev–Trinajstić information content (AvgIpc) is 2.41. The highest BCUT2D eigenvalue weighted by atomic mass is 32.1. The van der Waals surface area contributed by atoms with Crippen molar-refractivity contribution in [2.24, 2.45) is 5.73 Å². The number of hydrogen-bond donors (Lipinski definition) is 1. The first-order valence-corrected chi connectivity index (χ1v) is 6.26. The van der Waals surface area contributed by atoms with Crippen molar-refractivity contribution in [1.29, 1.82) is 0 Å². The van der Waals surface area contributed by atoms with Gasteiger partial charge in [0.05, 0.1) is 6.54 Å². The molecule has 0 saturated carbocycles. The van der Waals surface area contributed by atoms with E-state index >= 15 is 0 Å². The van der Waals surface area contributed by atoms with E-state index in [1.54, 1.807) is 22.9 Å². The van der Waals surface area contributed by atoms with E-state index in [2.05, 4.69) is 0 Å². The molecule has 2 rings (SSSR count). The Morgan fingerprint density at radius 3 is 2.84 bits per heavy atom. The molecule has 0 spiro atoms. The molecule has 0 aliphatic heterocycles. The molecule has 98 valence electrons. The maximum absolute atomic E-state index is 11.5. The summed E-state index contributed by atoms with van der Waals surface area (Å²) >= 11 is 4.90. The molecule has 19 heavy (non-hydrogen) atoms. The number of hydrogen-bond acceptors (Lipinski definition) is 3. The lowest BCUT2D eigenvalue weighted by molar-refractivity contribution is 0.296. The molecular formula is C14H14N2O2S. The van der Waals surface area contributed by atoms with Gasteiger partial charge in [0.1, 0.15) is 17.3 Å². The lowest BCUT2D eigenvalue weighted by Gasteiger charge is -2.09. The van der Waals surface area contributed by atoms with Crippen LogP contribution in [-0.4, -0.2) is 16.2 Å². The summed E-state index contributed by atoms with van der Waals surface area (Å²) in [5.74, 6) is 0.689.